The van der Waals surface area contributed by atoms with E-state index in [4.69, 9.17) is 0 Å². The van der Waals surface area contributed by atoms with Crippen molar-refractivity contribution < 1.29 is 0 Å². The van der Waals surface area contributed by atoms with Gasteiger partial charge in [-0.1, -0.05) is 0 Å². The molecule has 0 aliphatic heterocycles. The van der Waals surface area contributed by atoms with Crippen molar-refractivity contribution in [2.45, 2.75) is 33.7 Å². The summed E-state index contributed by atoms with van der Waals surface area (Å²) in [7, 11) is 0. The van der Waals surface area contributed by atoms with Gasteiger partial charge >= 0.3 is 0 Å². The first-order chi connectivity index (χ1) is 10.5. The Morgan fingerprint density at radius 2 is 1.95 bits per heavy atom. The third-order valence-corrected chi connectivity index (χ3v) is 4.08. The molecule has 3 aromatic heterocycles. The topological polar surface area (TPSA) is 68.5 Å². The fraction of sp³-hybridized carbons (Fsp3) is 0.333. The predicted molar refractivity (Wildman–Crippen MR) is 88.5 cm³/mol. The highest BCUT2D eigenvalue weighted by Gasteiger charge is 2.13. The molecule has 114 valence electrons. The molecule has 1 N–H and O–H groups in total. The summed E-state index contributed by atoms with van der Waals surface area (Å²) in [5.74, 6) is 1.52. The molecular formula is C15H18N6S. The lowest BCUT2D eigenvalue weighted by Gasteiger charge is -2.14. The monoisotopic (exact) mass is 314 g/mol. The molecule has 0 unspecified atom stereocenters. The van der Waals surface area contributed by atoms with Gasteiger partial charge < -0.3 is 9.88 Å². The fourth-order valence-corrected chi connectivity index (χ4v) is 3.02. The Morgan fingerprint density at radius 3 is 2.64 bits per heavy atom. The molecule has 0 fully saturated rings. The molecule has 3 heterocycles. The quantitative estimate of drug-likeness (QED) is 0.794. The first-order valence-corrected chi connectivity index (χ1v) is 7.93. The SMILES string of the molecule is Cc1cnc(Nc2nccc(-c3cnc(C)n3C(C)C)n2)s1. The van der Waals surface area contributed by atoms with E-state index in [-0.39, 0.29) is 0 Å². The molecule has 0 amide bonds. The van der Waals surface area contributed by atoms with Gasteiger partial charge in [-0.15, -0.1) is 11.3 Å². The van der Waals surface area contributed by atoms with Crippen LogP contribution in [-0.4, -0.2) is 24.5 Å². The van der Waals surface area contributed by atoms with Crippen LogP contribution in [0.3, 0.4) is 0 Å². The van der Waals surface area contributed by atoms with E-state index in [0.717, 1.165) is 27.2 Å². The molecule has 0 aliphatic carbocycles. The third kappa shape index (κ3) is 2.85. The van der Waals surface area contributed by atoms with E-state index in [9.17, 15) is 0 Å². The average molecular weight is 314 g/mol. The molecule has 0 aliphatic rings. The lowest BCUT2D eigenvalue weighted by atomic mass is 10.3. The van der Waals surface area contributed by atoms with Crippen LogP contribution in [-0.2, 0) is 0 Å². The number of nitrogens with zero attached hydrogens (tertiary/aromatic N) is 5. The van der Waals surface area contributed by atoms with Crippen molar-refractivity contribution in [2.24, 2.45) is 0 Å². The number of hydrogen-bond acceptors (Lipinski definition) is 6. The largest absolute Gasteiger partial charge is 0.324 e. The number of aryl methyl sites for hydroxylation is 2. The van der Waals surface area contributed by atoms with Crippen LogP contribution in [0.15, 0.2) is 24.7 Å². The second-order valence-corrected chi connectivity index (χ2v) is 6.56. The van der Waals surface area contributed by atoms with E-state index in [1.807, 2.05) is 32.3 Å². The minimum absolute atomic E-state index is 0.325. The van der Waals surface area contributed by atoms with Gasteiger partial charge in [0.25, 0.3) is 0 Å². The lowest BCUT2D eigenvalue weighted by Crippen LogP contribution is -2.06. The van der Waals surface area contributed by atoms with Gasteiger partial charge in [0, 0.05) is 23.3 Å². The molecule has 0 spiro atoms. The van der Waals surface area contributed by atoms with Crippen LogP contribution >= 0.6 is 11.3 Å². The molecule has 0 atom stereocenters. The number of imidazole rings is 1. The fourth-order valence-electron chi connectivity index (χ4n) is 2.36. The second-order valence-electron chi connectivity index (χ2n) is 5.32. The van der Waals surface area contributed by atoms with Gasteiger partial charge in [-0.2, -0.15) is 0 Å². The van der Waals surface area contributed by atoms with Crippen molar-refractivity contribution >= 4 is 22.4 Å². The van der Waals surface area contributed by atoms with E-state index in [1.54, 1.807) is 17.5 Å². The van der Waals surface area contributed by atoms with Gasteiger partial charge in [-0.05, 0) is 33.8 Å². The zero-order valence-electron chi connectivity index (χ0n) is 13.0. The number of hydrogen-bond donors (Lipinski definition) is 1. The van der Waals surface area contributed by atoms with Gasteiger partial charge in [-0.25, -0.2) is 19.9 Å². The Balaban J connectivity index is 1.94. The predicted octanol–water partition coefficient (Wildman–Crippen LogP) is 3.74. The highest BCUT2D eigenvalue weighted by atomic mass is 32.1. The maximum absolute atomic E-state index is 4.59. The number of aromatic nitrogens is 5. The molecule has 3 rings (SSSR count). The average Bonchev–Trinajstić information content (AvgIpc) is 3.05. The molecule has 6 nitrogen and oxygen atoms in total. The van der Waals surface area contributed by atoms with Crippen molar-refractivity contribution in [1.82, 2.24) is 24.5 Å². The summed E-state index contributed by atoms with van der Waals surface area (Å²) >= 11 is 1.58. The van der Waals surface area contributed by atoms with Crippen molar-refractivity contribution in [3.63, 3.8) is 0 Å². The smallest absolute Gasteiger partial charge is 0.229 e. The summed E-state index contributed by atoms with van der Waals surface area (Å²) in [6, 6.07) is 2.22. The van der Waals surface area contributed by atoms with Gasteiger partial charge in [0.1, 0.15) is 5.82 Å². The number of rotatable bonds is 4. The van der Waals surface area contributed by atoms with E-state index in [1.165, 1.54) is 0 Å². The molecule has 0 aromatic carbocycles. The second kappa shape index (κ2) is 5.84. The Hall–Kier alpha value is -2.28. The van der Waals surface area contributed by atoms with Crippen molar-refractivity contribution in [3.05, 3.63) is 35.4 Å². The Labute approximate surface area is 133 Å². The van der Waals surface area contributed by atoms with Crippen LogP contribution in [0.5, 0.6) is 0 Å². The molecule has 3 aromatic rings. The standard InChI is InChI=1S/C15H18N6S/c1-9(2)21-11(4)17-8-13(21)12-5-6-16-14(19-12)20-15-18-7-10(3)22-15/h5-9H,1-4H3,(H,16,18,19,20). The first kappa shape index (κ1) is 14.6. The summed E-state index contributed by atoms with van der Waals surface area (Å²) < 4.78 is 2.17. The number of nitrogens with one attached hydrogen (secondary N) is 1. The van der Waals surface area contributed by atoms with E-state index in [0.29, 0.717) is 12.0 Å². The summed E-state index contributed by atoms with van der Waals surface area (Å²) in [5.41, 5.74) is 1.84. The van der Waals surface area contributed by atoms with E-state index < -0.39 is 0 Å². The minimum atomic E-state index is 0.325. The van der Waals surface area contributed by atoms with Crippen molar-refractivity contribution in [1.29, 1.82) is 0 Å². The van der Waals surface area contributed by atoms with Gasteiger partial charge in [0.2, 0.25) is 5.95 Å². The molecule has 0 saturated carbocycles. The molecule has 7 heteroatoms. The summed E-state index contributed by atoms with van der Waals surface area (Å²) in [5, 5.41) is 3.94. The third-order valence-electron chi connectivity index (χ3n) is 3.26. The van der Waals surface area contributed by atoms with E-state index >= 15 is 0 Å². The molecule has 22 heavy (non-hydrogen) atoms. The highest BCUT2D eigenvalue weighted by molar-refractivity contribution is 7.15. The van der Waals surface area contributed by atoms with Crippen molar-refractivity contribution in [2.75, 3.05) is 5.32 Å². The van der Waals surface area contributed by atoms with Crippen LogP contribution in [0.4, 0.5) is 11.1 Å². The lowest BCUT2D eigenvalue weighted by molar-refractivity contribution is 0.587. The molecular weight excluding hydrogens is 296 g/mol. The first-order valence-electron chi connectivity index (χ1n) is 7.11. The Kier molecular flexibility index (Phi) is 3.89. The van der Waals surface area contributed by atoms with Crippen molar-refractivity contribution in [3.8, 4) is 11.4 Å². The molecule has 0 radical (unpaired) electrons. The van der Waals surface area contributed by atoms with E-state index in [2.05, 4.69) is 43.7 Å². The van der Waals surface area contributed by atoms with Crippen LogP contribution in [0.25, 0.3) is 11.4 Å². The zero-order valence-corrected chi connectivity index (χ0v) is 13.8. The Bertz CT molecular complexity index is 789. The van der Waals surface area contributed by atoms with Gasteiger partial charge in [0.05, 0.1) is 17.6 Å². The van der Waals surface area contributed by atoms with Crippen LogP contribution in [0.2, 0.25) is 0 Å². The van der Waals surface area contributed by atoms with Crippen LogP contribution in [0, 0.1) is 13.8 Å². The summed E-state index contributed by atoms with van der Waals surface area (Å²) in [6.45, 7) is 8.29. The molecule has 0 bridgehead atoms. The zero-order chi connectivity index (χ0) is 15.7. The number of thiazole rings is 1. The normalized spacial score (nSPS) is 11.1. The maximum Gasteiger partial charge on any atom is 0.229 e. The summed E-state index contributed by atoms with van der Waals surface area (Å²) in [6.07, 6.45) is 5.43. The summed E-state index contributed by atoms with van der Waals surface area (Å²) in [4.78, 5) is 18.7. The minimum Gasteiger partial charge on any atom is -0.324 e. The highest BCUT2D eigenvalue weighted by Crippen LogP contribution is 2.25. The maximum atomic E-state index is 4.59. The van der Waals surface area contributed by atoms with Gasteiger partial charge in [-0.3, -0.25) is 0 Å². The molecule has 0 saturated heterocycles. The van der Waals surface area contributed by atoms with Crippen LogP contribution < -0.4 is 5.32 Å². The Morgan fingerprint density at radius 1 is 1.14 bits per heavy atom. The number of anilines is 2. The van der Waals surface area contributed by atoms with Crippen LogP contribution in [0.1, 0.15) is 30.6 Å². The van der Waals surface area contributed by atoms with Gasteiger partial charge in [0.15, 0.2) is 5.13 Å².